The Balaban J connectivity index is 1.75. The summed E-state index contributed by atoms with van der Waals surface area (Å²) in [7, 11) is 1.23. The van der Waals surface area contributed by atoms with Crippen LogP contribution in [0.4, 0.5) is 18.0 Å². The number of hydrogen-bond acceptors (Lipinski definition) is 7. The fraction of sp³-hybridized carbons (Fsp3) is 0.231. The molecule has 0 radical (unpaired) electrons. The summed E-state index contributed by atoms with van der Waals surface area (Å²) >= 11 is 1.01. The van der Waals surface area contributed by atoms with Crippen LogP contribution in [0.3, 0.4) is 0 Å². The molecule has 1 aliphatic heterocycles. The van der Waals surface area contributed by atoms with Crippen LogP contribution in [0.2, 0.25) is 0 Å². The lowest BCUT2D eigenvalue weighted by molar-refractivity contribution is -0.275. The van der Waals surface area contributed by atoms with Crippen molar-refractivity contribution in [2.75, 3.05) is 7.11 Å². The summed E-state index contributed by atoms with van der Waals surface area (Å²) in [5, 5.41) is 7.88. The molecule has 8 nitrogen and oxygen atoms in total. The third-order valence-electron chi connectivity index (χ3n) is 5.58. The average Bonchev–Trinajstić information content (AvgIpc) is 2.92. The molecule has 2 heterocycles. The van der Waals surface area contributed by atoms with Crippen molar-refractivity contribution in [2.45, 2.75) is 31.1 Å². The van der Waals surface area contributed by atoms with Gasteiger partial charge >= 0.3 is 11.6 Å². The van der Waals surface area contributed by atoms with E-state index in [4.69, 9.17) is 4.74 Å². The summed E-state index contributed by atoms with van der Waals surface area (Å²) in [5.41, 5.74) is 1.83. The van der Waals surface area contributed by atoms with E-state index in [-0.39, 0.29) is 11.0 Å². The van der Waals surface area contributed by atoms with Crippen LogP contribution in [0.5, 0.6) is 11.5 Å². The third kappa shape index (κ3) is 6.25. The number of rotatable bonds is 8. The Kier molecular flexibility index (Phi) is 8.20. The van der Waals surface area contributed by atoms with Gasteiger partial charge in [-0.15, -0.1) is 13.2 Å². The zero-order chi connectivity index (χ0) is 27.3. The Hall–Kier alpha value is -4.06. The predicted octanol–water partition coefficient (Wildman–Crippen LogP) is 5.77. The number of halogens is 3. The molecule has 3 aromatic rings. The molecule has 1 aromatic heterocycles. The highest BCUT2D eigenvalue weighted by Crippen LogP contribution is 2.37. The molecule has 1 N–H and O–H groups in total. The first kappa shape index (κ1) is 27.0. The molecule has 0 aliphatic carbocycles. The normalized spacial score (nSPS) is 16.4. The molecular formula is C26H23F3N4O4S. The summed E-state index contributed by atoms with van der Waals surface area (Å²) in [6, 6.07) is 15.9. The van der Waals surface area contributed by atoms with Crippen LogP contribution >= 0.6 is 11.8 Å². The average molecular weight is 545 g/mol. The third-order valence-corrected chi connectivity index (χ3v) is 6.81. The topological polar surface area (TPSA) is 93.1 Å². The van der Waals surface area contributed by atoms with E-state index < -0.39 is 29.4 Å². The summed E-state index contributed by atoms with van der Waals surface area (Å²) in [5.74, 6) is -1.08. The van der Waals surface area contributed by atoms with E-state index in [0.717, 1.165) is 17.8 Å². The Morgan fingerprint density at radius 2 is 1.82 bits per heavy atom. The summed E-state index contributed by atoms with van der Waals surface area (Å²) in [4.78, 5) is 30.2. The molecule has 2 unspecified atom stereocenters. The van der Waals surface area contributed by atoms with E-state index >= 15 is 0 Å². The molecule has 4 rings (SSSR count). The second kappa shape index (κ2) is 11.5. The Labute approximate surface area is 220 Å². The van der Waals surface area contributed by atoms with Gasteiger partial charge in [-0.2, -0.15) is 10.1 Å². The number of pyridine rings is 1. The lowest BCUT2D eigenvalue weighted by Crippen LogP contribution is -2.44. The fourth-order valence-corrected chi connectivity index (χ4v) is 4.76. The molecule has 0 spiro atoms. The Morgan fingerprint density at radius 3 is 2.45 bits per heavy atom. The number of aromatic nitrogens is 1. The van der Waals surface area contributed by atoms with Gasteiger partial charge in [-0.1, -0.05) is 49.0 Å². The van der Waals surface area contributed by atoms with Crippen LogP contribution in [0.1, 0.15) is 41.0 Å². The minimum absolute atomic E-state index is 0.142. The smallest absolute Gasteiger partial charge is 0.493 e. The molecule has 198 valence electrons. The second-order valence-electron chi connectivity index (χ2n) is 8.05. The van der Waals surface area contributed by atoms with E-state index in [9.17, 15) is 22.8 Å². The van der Waals surface area contributed by atoms with Gasteiger partial charge in [0.05, 0.1) is 18.1 Å². The number of carbonyl (C=O) groups excluding carboxylic acids is 2. The van der Waals surface area contributed by atoms with Crippen LogP contribution in [-0.2, 0) is 0 Å². The van der Waals surface area contributed by atoms with Gasteiger partial charge in [-0.25, -0.2) is 0 Å². The van der Waals surface area contributed by atoms with Crippen molar-refractivity contribution in [1.29, 1.82) is 0 Å². The van der Waals surface area contributed by atoms with E-state index in [1.165, 1.54) is 36.6 Å². The van der Waals surface area contributed by atoms with Gasteiger partial charge in [0.2, 0.25) is 0 Å². The van der Waals surface area contributed by atoms with Crippen molar-refractivity contribution in [3.63, 3.8) is 0 Å². The first-order valence-electron chi connectivity index (χ1n) is 11.5. The predicted molar refractivity (Wildman–Crippen MR) is 136 cm³/mol. The highest BCUT2D eigenvalue weighted by Gasteiger charge is 2.37. The van der Waals surface area contributed by atoms with Crippen LogP contribution in [0.25, 0.3) is 0 Å². The van der Waals surface area contributed by atoms with Gasteiger partial charge in [0.1, 0.15) is 0 Å². The van der Waals surface area contributed by atoms with Crippen molar-refractivity contribution in [1.82, 2.24) is 15.3 Å². The van der Waals surface area contributed by atoms with Gasteiger partial charge in [-0.05, 0) is 42.3 Å². The van der Waals surface area contributed by atoms with Crippen molar-refractivity contribution in [2.24, 2.45) is 5.10 Å². The Morgan fingerprint density at radius 1 is 1.11 bits per heavy atom. The van der Waals surface area contributed by atoms with Gasteiger partial charge in [-0.3, -0.25) is 14.6 Å². The number of nitrogens with zero attached hydrogens (tertiary/aromatic N) is 3. The van der Waals surface area contributed by atoms with Crippen LogP contribution in [0, 0.1) is 0 Å². The van der Waals surface area contributed by atoms with Crippen LogP contribution in [-0.4, -0.2) is 45.6 Å². The largest absolute Gasteiger partial charge is 0.573 e. The number of carbonyl (C=O) groups is 2. The number of hydrazone groups is 1. The second-order valence-corrected chi connectivity index (χ2v) is 9.20. The van der Waals surface area contributed by atoms with E-state index in [2.05, 4.69) is 20.1 Å². The molecule has 0 fully saturated rings. The number of hydrogen-bond donors (Lipinski definition) is 1. The van der Waals surface area contributed by atoms with Gasteiger partial charge in [0.25, 0.3) is 5.91 Å². The molecule has 0 saturated carbocycles. The maximum atomic E-state index is 13.3. The minimum atomic E-state index is -4.89. The number of amides is 2. The maximum Gasteiger partial charge on any atom is 0.573 e. The standard InChI is InChI=1S/C26H23F3N4O4S/c1-3-21-22(18-9-10-19(20(15-18)36-2)37-26(27,28)29)32-33(25(35)38-21)23(16-7-5-4-6-8-16)31-24(34)17-11-13-30-14-12-17/h4-15,21,23H,3H2,1-2H3,(H,31,34). The number of nitrogens with one attached hydrogen (secondary N) is 1. The maximum absolute atomic E-state index is 13.3. The summed E-state index contributed by atoms with van der Waals surface area (Å²) in [6.45, 7) is 1.87. The SMILES string of the molecule is CCC1SC(=O)N(C(NC(=O)c2ccncc2)c2ccccc2)N=C1c1ccc(OC(F)(F)F)c(OC)c1. The summed E-state index contributed by atoms with van der Waals surface area (Å²) in [6.07, 6.45) is -2.37. The molecule has 12 heteroatoms. The van der Waals surface area contributed by atoms with Gasteiger partial charge in [0.15, 0.2) is 17.7 Å². The Bertz CT molecular complexity index is 1320. The first-order chi connectivity index (χ1) is 18.2. The quantitative estimate of drug-likeness (QED) is 0.387. The first-order valence-corrected chi connectivity index (χ1v) is 12.4. The van der Waals surface area contributed by atoms with Gasteiger partial charge in [0, 0.05) is 23.5 Å². The number of alkyl halides is 3. The summed E-state index contributed by atoms with van der Waals surface area (Å²) < 4.78 is 47.6. The molecular weight excluding hydrogens is 521 g/mol. The van der Waals surface area contributed by atoms with Crippen molar-refractivity contribution >= 4 is 28.6 Å². The molecule has 1 aliphatic rings. The number of thioether (sulfide) groups is 1. The minimum Gasteiger partial charge on any atom is -0.493 e. The van der Waals surface area contributed by atoms with Crippen molar-refractivity contribution in [3.05, 3.63) is 89.7 Å². The molecule has 0 saturated heterocycles. The zero-order valence-electron chi connectivity index (χ0n) is 20.3. The van der Waals surface area contributed by atoms with Gasteiger partial charge < -0.3 is 14.8 Å². The van der Waals surface area contributed by atoms with Crippen molar-refractivity contribution < 1.29 is 32.2 Å². The lowest BCUT2D eigenvalue weighted by Gasteiger charge is -2.34. The van der Waals surface area contributed by atoms with E-state index in [0.29, 0.717) is 28.8 Å². The lowest BCUT2D eigenvalue weighted by atomic mass is 10.0. The zero-order valence-corrected chi connectivity index (χ0v) is 21.1. The molecule has 0 bridgehead atoms. The number of benzene rings is 2. The van der Waals surface area contributed by atoms with Crippen LogP contribution in [0.15, 0.2) is 78.2 Å². The molecule has 2 aromatic carbocycles. The van der Waals surface area contributed by atoms with E-state index in [1.807, 2.05) is 6.92 Å². The number of ether oxygens (including phenoxy) is 2. The molecule has 2 atom stereocenters. The highest BCUT2D eigenvalue weighted by atomic mass is 32.2. The molecule has 38 heavy (non-hydrogen) atoms. The van der Waals surface area contributed by atoms with Crippen LogP contribution < -0.4 is 14.8 Å². The molecule has 2 amide bonds. The van der Waals surface area contributed by atoms with E-state index in [1.54, 1.807) is 42.5 Å². The highest BCUT2D eigenvalue weighted by molar-refractivity contribution is 8.14. The monoisotopic (exact) mass is 544 g/mol. The fourth-order valence-electron chi connectivity index (χ4n) is 3.80. The van der Waals surface area contributed by atoms with Crippen molar-refractivity contribution in [3.8, 4) is 11.5 Å². The number of methoxy groups -OCH3 is 1.